The Kier molecular flexibility index (Phi) is 6.98. The Bertz CT molecular complexity index is 806. The second-order valence-corrected chi connectivity index (χ2v) is 13.2. The molecule has 4 aliphatic rings. The van der Waals surface area contributed by atoms with Crippen LogP contribution < -0.4 is 0 Å². The van der Waals surface area contributed by atoms with Crippen molar-refractivity contribution in [3.8, 4) is 0 Å². The topological polar surface area (TPSA) is 26.3 Å². The van der Waals surface area contributed by atoms with E-state index in [2.05, 4.69) is 48.1 Å². The monoisotopic (exact) mass is 454 g/mol. The summed E-state index contributed by atoms with van der Waals surface area (Å²) in [6.07, 6.45) is 12.9. The first-order chi connectivity index (χ1) is 15.5. The summed E-state index contributed by atoms with van der Waals surface area (Å²) in [4.78, 5) is 11.7. The van der Waals surface area contributed by atoms with Gasteiger partial charge in [0, 0.05) is 6.92 Å². The van der Waals surface area contributed by atoms with E-state index in [9.17, 15) is 4.79 Å². The number of fused-ring (bicyclic) bond motifs is 4. The van der Waals surface area contributed by atoms with Gasteiger partial charge in [0.1, 0.15) is 6.10 Å². The maximum absolute atomic E-state index is 11.7. The zero-order valence-electron chi connectivity index (χ0n) is 22.6. The van der Waals surface area contributed by atoms with Crippen LogP contribution in [-0.2, 0) is 9.53 Å². The van der Waals surface area contributed by atoms with Crippen molar-refractivity contribution < 1.29 is 9.53 Å². The Labute approximate surface area is 204 Å². The summed E-state index contributed by atoms with van der Waals surface area (Å²) in [5.74, 6) is 4.10. The van der Waals surface area contributed by atoms with E-state index >= 15 is 0 Å². The third-order valence-electron chi connectivity index (χ3n) is 11.3. The first-order valence-electron chi connectivity index (χ1n) is 14.1. The highest BCUT2D eigenvalue weighted by molar-refractivity contribution is 5.66. The van der Waals surface area contributed by atoms with Crippen LogP contribution in [0.25, 0.3) is 0 Å². The van der Waals surface area contributed by atoms with Crippen molar-refractivity contribution in [1.82, 2.24) is 0 Å². The van der Waals surface area contributed by atoms with E-state index in [4.69, 9.17) is 4.74 Å². The SMILES string of the molecule is C=C(CC[C@@H](C)[C@H]1CC[C@@H]2C3=C(CC[C@@]21C)[C@@]1(C)CC[C@H](OC(C)=O)[C@@H](C)[C@@H]1CC3)C(C)C. The molecule has 0 bridgehead atoms. The molecule has 0 aliphatic heterocycles. The number of allylic oxidation sites excluding steroid dienone is 3. The summed E-state index contributed by atoms with van der Waals surface area (Å²) in [5.41, 5.74) is 5.96. The molecule has 0 aromatic heterocycles. The van der Waals surface area contributed by atoms with E-state index in [-0.39, 0.29) is 12.1 Å². The molecule has 0 unspecified atom stereocenters. The number of carbonyl (C=O) groups excluding carboxylic acids is 1. The minimum Gasteiger partial charge on any atom is -0.462 e. The third kappa shape index (κ3) is 4.27. The highest BCUT2D eigenvalue weighted by atomic mass is 16.5. The van der Waals surface area contributed by atoms with Crippen LogP contribution in [0.15, 0.2) is 23.3 Å². The van der Waals surface area contributed by atoms with Gasteiger partial charge in [0.25, 0.3) is 0 Å². The number of ether oxygens (including phenoxy) is 1. The number of esters is 1. The summed E-state index contributed by atoms with van der Waals surface area (Å²) in [7, 11) is 0. The maximum Gasteiger partial charge on any atom is 0.302 e. The smallest absolute Gasteiger partial charge is 0.302 e. The van der Waals surface area contributed by atoms with Gasteiger partial charge in [-0.1, -0.05) is 64.8 Å². The molecule has 186 valence electrons. The molecule has 0 radical (unpaired) electrons. The van der Waals surface area contributed by atoms with Crippen molar-refractivity contribution in [1.29, 1.82) is 0 Å². The van der Waals surface area contributed by atoms with Crippen molar-refractivity contribution in [3.63, 3.8) is 0 Å². The zero-order chi connectivity index (χ0) is 24.1. The van der Waals surface area contributed by atoms with Gasteiger partial charge in [-0.3, -0.25) is 4.79 Å². The fourth-order valence-electron chi connectivity index (χ4n) is 9.15. The molecule has 4 aliphatic carbocycles. The van der Waals surface area contributed by atoms with Gasteiger partial charge in [-0.15, -0.1) is 0 Å². The fraction of sp³-hybridized carbons (Fsp3) is 0.839. The number of hydrogen-bond donors (Lipinski definition) is 0. The van der Waals surface area contributed by atoms with Crippen molar-refractivity contribution >= 4 is 5.97 Å². The molecule has 33 heavy (non-hydrogen) atoms. The average molecular weight is 455 g/mol. The zero-order valence-corrected chi connectivity index (χ0v) is 22.6. The summed E-state index contributed by atoms with van der Waals surface area (Å²) >= 11 is 0. The molecule has 0 amide bonds. The van der Waals surface area contributed by atoms with Gasteiger partial charge in [0.15, 0.2) is 0 Å². The van der Waals surface area contributed by atoms with E-state index in [0.29, 0.717) is 28.6 Å². The largest absolute Gasteiger partial charge is 0.462 e. The van der Waals surface area contributed by atoms with E-state index in [1.807, 2.05) is 11.1 Å². The lowest BCUT2D eigenvalue weighted by Crippen LogP contribution is -2.49. The molecule has 2 fully saturated rings. The van der Waals surface area contributed by atoms with Crippen LogP contribution in [-0.4, -0.2) is 12.1 Å². The Morgan fingerprint density at radius 2 is 1.82 bits per heavy atom. The molecule has 0 aromatic carbocycles. The van der Waals surface area contributed by atoms with Gasteiger partial charge in [-0.25, -0.2) is 0 Å². The highest BCUT2D eigenvalue weighted by Gasteiger charge is 2.57. The van der Waals surface area contributed by atoms with Crippen LogP contribution in [0, 0.1) is 46.3 Å². The molecule has 0 heterocycles. The highest BCUT2D eigenvalue weighted by Crippen LogP contribution is 2.66. The predicted molar refractivity (Wildman–Crippen MR) is 138 cm³/mol. The Balaban J connectivity index is 1.52. The summed E-state index contributed by atoms with van der Waals surface area (Å²) in [6.45, 7) is 20.6. The van der Waals surface area contributed by atoms with Gasteiger partial charge in [0.2, 0.25) is 0 Å². The van der Waals surface area contributed by atoms with Crippen LogP contribution >= 0.6 is 0 Å². The average Bonchev–Trinajstić information content (AvgIpc) is 3.11. The fourth-order valence-corrected chi connectivity index (χ4v) is 9.15. The van der Waals surface area contributed by atoms with Gasteiger partial charge in [0.05, 0.1) is 0 Å². The predicted octanol–water partition coefficient (Wildman–Crippen LogP) is 8.52. The summed E-state index contributed by atoms with van der Waals surface area (Å²) in [6, 6.07) is 0. The number of carbonyl (C=O) groups is 1. The second-order valence-electron chi connectivity index (χ2n) is 13.2. The van der Waals surface area contributed by atoms with Crippen LogP contribution in [0.2, 0.25) is 0 Å². The van der Waals surface area contributed by atoms with Gasteiger partial charge < -0.3 is 4.74 Å². The molecule has 0 N–H and O–H groups in total. The Hall–Kier alpha value is -1.05. The van der Waals surface area contributed by atoms with Crippen LogP contribution in [0.4, 0.5) is 0 Å². The quantitative estimate of drug-likeness (QED) is 0.297. The third-order valence-corrected chi connectivity index (χ3v) is 11.3. The first-order valence-corrected chi connectivity index (χ1v) is 14.1. The molecule has 0 spiro atoms. The van der Waals surface area contributed by atoms with E-state index < -0.39 is 0 Å². The standard InChI is InChI=1S/C31H50O2/c1-19(2)20(3)9-10-21(4)25-13-14-27-24-11-12-26-22(5)29(33-23(6)32)16-18-31(26,8)28(24)15-17-30(25,27)7/h19,21-22,25-27,29H,3,9-18H2,1-2,4-8H3/t21-,22+,25-,26+,27-,29+,30-,31+/m1/s1. The molecule has 2 nitrogen and oxygen atoms in total. The van der Waals surface area contributed by atoms with Gasteiger partial charge >= 0.3 is 5.97 Å². The minimum absolute atomic E-state index is 0.109. The molecule has 0 aromatic rings. The van der Waals surface area contributed by atoms with E-state index in [1.165, 1.54) is 63.4 Å². The maximum atomic E-state index is 11.7. The molecule has 2 heteroatoms. The van der Waals surface area contributed by atoms with Crippen LogP contribution in [0.3, 0.4) is 0 Å². The van der Waals surface area contributed by atoms with Crippen molar-refractivity contribution in [3.05, 3.63) is 23.3 Å². The van der Waals surface area contributed by atoms with Crippen LogP contribution in [0.5, 0.6) is 0 Å². The molecule has 0 saturated heterocycles. The van der Waals surface area contributed by atoms with E-state index in [1.54, 1.807) is 6.92 Å². The van der Waals surface area contributed by atoms with Crippen molar-refractivity contribution in [2.45, 2.75) is 119 Å². The lowest BCUT2D eigenvalue weighted by atomic mass is 9.49. The van der Waals surface area contributed by atoms with Crippen molar-refractivity contribution in [2.75, 3.05) is 0 Å². The molecule has 4 rings (SSSR count). The first kappa shape index (κ1) is 25.1. The molecular formula is C31H50O2. The number of hydrogen-bond acceptors (Lipinski definition) is 2. The van der Waals surface area contributed by atoms with Crippen molar-refractivity contribution in [2.24, 2.45) is 46.3 Å². The van der Waals surface area contributed by atoms with E-state index in [0.717, 1.165) is 24.2 Å². The summed E-state index contributed by atoms with van der Waals surface area (Å²) in [5, 5.41) is 0. The summed E-state index contributed by atoms with van der Waals surface area (Å²) < 4.78 is 5.75. The lowest BCUT2D eigenvalue weighted by molar-refractivity contribution is -0.155. The Morgan fingerprint density at radius 1 is 1.09 bits per heavy atom. The molecule has 2 saturated carbocycles. The number of rotatable bonds is 6. The second kappa shape index (κ2) is 9.19. The molecule has 8 atom stereocenters. The van der Waals surface area contributed by atoms with Gasteiger partial charge in [-0.2, -0.15) is 0 Å². The lowest BCUT2D eigenvalue weighted by Gasteiger charge is -2.57. The minimum atomic E-state index is -0.109. The normalized spacial score (nSPS) is 41.3. The van der Waals surface area contributed by atoms with Crippen LogP contribution in [0.1, 0.15) is 113 Å². The Morgan fingerprint density at radius 3 is 2.48 bits per heavy atom. The molecular weight excluding hydrogens is 404 g/mol. The van der Waals surface area contributed by atoms with Gasteiger partial charge in [-0.05, 0) is 111 Å².